The zero-order chi connectivity index (χ0) is 21.7. The molecule has 1 aromatic heterocycles. The lowest BCUT2D eigenvalue weighted by Gasteiger charge is -2.38. The molecule has 2 aromatic rings. The quantitative estimate of drug-likeness (QED) is 0.666. The highest BCUT2D eigenvalue weighted by molar-refractivity contribution is 7.80. The Morgan fingerprint density at radius 2 is 1.81 bits per heavy atom. The number of nitrogens with zero attached hydrogens (tertiary/aromatic N) is 2. The molecule has 5 nitrogen and oxygen atoms in total. The zero-order valence-corrected chi connectivity index (χ0v) is 19.5. The summed E-state index contributed by atoms with van der Waals surface area (Å²) < 4.78 is 5.63. The average molecular weight is 439 g/mol. The summed E-state index contributed by atoms with van der Waals surface area (Å²) in [5.74, 6) is 2.47. The Morgan fingerprint density at radius 3 is 2.45 bits per heavy atom. The molecule has 2 atom stereocenters. The van der Waals surface area contributed by atoms with Gasteiger partial charge >= 0.3 is 0 Å². The monoisotopic (exact) mass is 438 g/mol. The summed E-state index contributed by atoms with van der Waals surface area (Å²) in [6.45, 7) is 9.17. The first-order valence-electron chi connectivity index (χ1n) is 11.4. The molecule has 2 aliphatic rings. The molecular weight excluding hydrogens is 404 g/mol. The fourth-order valence-corrected chi connectivity index (χ4v) is 5.23. The number of hydrogen-bond acceptors (Lipinski definition) is 4. The van der Waals surface area contributed by atoms with E-state index in [4.69, 9.17) is 21.9 Å². The predicted octanol–water partition coefficient (Wildman–Crippen LogP) is 4.60. The SMILES string of the molecule is C[C@H]1C[C@H](C)CN(c2ccc(NC(=S)NCC3(c4ccccc4)CCOCC3)cn2)C1. The second-order valence-electron chi connectivity index (χ2n) is 9.32. The van der Waals surface area contributed by atoms with Crippen LogP contribution in [0.3, 0.4) is 0 Å². The maximum absolute atomic E-state index is 5.63. The molecule has 3 heterocycles. The van der Waals surface area contributed by atoms with Crippen LogP contribution < -0.4 is 15.5 Å². The summed E-state index contributed by atoms with van der Waals surface area (Å²) >= 11 is 5.60. The van der Waals surface area contributed by atoms with Crippen molar-refractivity contribution in [2.45, 2.75) is 38.5 Å². The molecule has 2 fully saturated rings. The van der Waals surface area contributed by atoms with Crippen molar-refractivity contribution in [2.75, 3.05) is 43.1 Å². The minimum atomic E-state index is 0.0506. The van der Waals surface area contributed by atoms with E-state index < -0.39 is 0 Å². The van der Waals surface area contributed by atoms with Gasteiger partial charge < -0.3 is 20.3 Å². The summed E-state index contributed by atoms with van der Waals surface area (Å²) in [5, 5.41) is 7.40. The van der Waals surface area contributed by atoms with Gasteiger partial charge in [-0.05, 0) is 61.0 Å². The number of hydrogen-bond donors (Lipinski definition) is 2. The molecule has 0 bridgehead atoms. The van der Waals surface area contributed by atoms with Gasteiger partial charge in [0.15, 0.2) is 5.11 Å². The lowest BCUT2D eigenvalue weighted by molar-refractivity contribution is 0.0515. The third kappa shape index (κ3) is 5.55. The molecule has 2 aliphatic heterocycles. The van der Waals surface area contributed by atoms with Gasteiger partial charge in [0.2, 0.25) is 0 Å². The first-order valence-corrected chi connectivity index (χ1v) is 11.8. The summed E-state index contributed by atoms with van der Waals surface area (Å²) in [6.07, 6.45) is 5.17. The van der Waals surface area contributed by atoms with Gasteiger partial charge in [-0.1, -0.05) is 44.2 Å². The van der Waals surface area contributed by atoms with Crippen LogP contribution in [-0.4, -0.2) is 42.9 Å². The van der Waals surface area contributed by atoms with Crippen molar-refractivity contribution in [1.29, 1.82) is 0 Å². The molecule has 0 saturated carbocycles. The van der Waals surface area contributed by atoms with Crippen LogP contribution in [0.15, 0.2) is 48.7 Å². The highest BCUT2D eigenvalue weighted by atomic mass is 32.1. The molecular formula is C25H34N4OS. The van der Waals surface area contributed by atoms with Crippen molar-refractivity contribution in [3.8, 4) is 0 Å². The molecule has 2 saturated heterocycles. The van der Waals surface area contributed by atoms with E-state index in [0.717, 1.165) is 57.2 Å². The Balaban J connectivity index is 1.35. The molecule has 2 N–H and O–H groups in total. The van der Waals surface area contributed by atoms with Crippen LogP contribution in [0.2, 0.25) is 0 Å². The first kappa shape index (κ1) is 22.0. The topological polar surface area (TPSA) is 49.4 Å². The lowest BCUT2D eigenvalue weighted by atomic mass is 9.74. The molecule has 0 aliphatic carbocycles. The molecule has 31 heavy (non-hydrogen) atoms. The molecule has 0 unspecified atom stereocenters. The normalized spacial score (nSPS) is 23.2. The van der Waals surface area contributed by atoms with Crippen molar-refractivity contribution in [1.82, 2.24) is 10.3 Å². The van der Waals surface area contributed by atoms with Gasteiger partial charge in [0.05, 0.1) is 11.9 Å². The third-order valence-corrected chi connectivity index (χ3v) is 6.87. The molecule has 1 aromatic carbocycles. The van der Waals surface area contributed by atoms with Gasteiger partial charge in [-0.25, -0.2) is 4.98 Å². The Bertz CT molecular complexity index is 842. The second kappa shape index (κ2) is 9.96. The van der Waals surface area contributed by atoms with Crippen molar-refractivity contribution < 1.29 is 4.74 Å². The standard InChI is InChI=1S/C25H34N4OS/c1-19-14-20(2)17-29(16-19)23-9-8-22(15-26-23)28-24(31)27-18-25(10-12-30-13-11-25)21-6-4-3-5-7-21/h3-9,15,19-20H,10-14,16-18H2,1-2H3,(H2,27,28,31)/t19-,20-/m0/s1. The molecule has 4 rings (SSSR count). The van der Waals surface area contributed by atoms with E-state index in [9.17, 15) is 0 Å². The van der Waals surface area contributed by atoms with Gasteiger partial charge in [-0.2, -0.15) is 0 Å². The molecule has 0 spiro atoms. The molecule has 166 valence electrons. The van der Waals surface area contributed by atoms with Crippen LogP contribution in [0.1, 0.15) is 38.7 Å². The smallest absolute Gasteiger partial charge is 0.170 e. The zero-order valence-electron chi connectivity index (χ0n) is 18.6. The van der Waals surface area contributed by atoms with Crippen LogP contribution >= 0.6 is 12.2 Å². The van der Waals surface area contributed by atoms with E-state index in [1.807, 2.05) is 6.20 Å². The van der Waals surface area contributed by atoms with Gasteiger partial charge in [-0.15, -0.1) is 0 Å². The molecule has 0 radical (unpaired) electrons. The number of pyridine rings is 1. The number of benzene rings is 1. The molecule has 0 amide bonds. The fraction of sp³-hybridized carbons (Fsp3) is 0.520. The van der Waals surface area contributed by atoms with Gasteiger partial charge in [-0.3, -0.25) is 0 Å². The Kier molecular flexibility index (Phi) is 7.08. The number of ether oxygens (including phenoxy) is 1. The minimum absolute atomic E-state index is 0.0506. The predicted molar refractivity (Wildman–Crippen MR) is 132 cm³/mol. The highest BCUT2D eigenvalue weighted by Crippen LogP contribution is 2.34. The Labute approximate surface area is 191 Å². The number of thiocarbonyl (C=S) groups is 1. The number of nitrogens with one attached hydrogen (secondary N) is 2. The van der Waals surface area contributed by atoms with Crippen LogP contribution in [0, 0.1) is 11.8 Å². The van der Waals surface area contributed by atoms with Crippen molar-refractivity contribution in [2.24, 2.45) is 11.8 Å². The molecule has 6 heteroatoms. The maximum Gasteiger partial charge on any atom is 0.170 e. The maximum atomic E-state index is 5.63. The highest BCUT2D eigenvalue weighted by Gasteiger charge is 2.34. The second-order valence-corrected chi connectivity index (χ2v) is 9.73. The minimum Gasteiger partial charge on any atom is -0.381 e. The summed E-state index contributed by atoms with van der Waals surface area (Å²) in [6, 6.07) is 14.9. The van der Waals surface area contributed by atoms with Crippen molar-refractivity contribution in [3.63, 3.8) is 0 Å². The van der Waals surface area contributed by atoms with Crippen molar-refractivity contribution >= 4 is 28.8 Å². The van der Waals surface area contributed by atoms with Crippen molar-refractivity contribution in [3.05, 3.63) is 54.2 Å². The van der Waals surface area contributed by atoms with Gasteiger partial charge in [0.25, 0.3) is 0 Å². The van der Waals surface area contributed by atoms with E-state index in [-0.39, 0.29) is 5.41 Å². The van der Waals surface area contributed by atoms with E-state index in [2.05, 4.69) is 71.8 Å². The van der Waals surface area contributed by atoms with Gasteiger partial charge in [0.1, 0.15) is 5.82 Å². The third-order valence-electron chi connectivity index (χ3n) is 6.62. The summed E-state index contributed by atoms with van der Waals surface area (Å²) in [5.41, 5.74) is 2.32. The fourth-order valence-electron chi connectivity index (χ4n) is 5.04. The van der Waals surface area contributed by atoms with Crippen LogP contribution in [0.5, 0.6) is 0 Å². The van der Waals surface area contributed by atoms with Crippen LogP contribution in [0.25, 0.3) is 0 Å². The van der Waals surface area contributed by atoms with E-state index in [1.165, 1.54) is 12.0 Å². The average Bonchev–Trinajstić information content (AvgIpc) is 2.79. The number of rotatable bonds is 5. The lowest BCUT2D eigenvalue weighted by Crippen LogP contribution is -2.45. The van der Waals surface area contributed by atoms with Crippen LogP contribution in [-0.2, 0) is 10.2 Å². The van der Waals surface area contributed by atoms with E-state index in [0.29, 0.717) is 16.9 Å². The Hall–Kier alpha value is -2.18. The number of anilines is 2. The van der Waals surface area contributed by atoms with Crippen LogP contribution in [0.4, 0.5) is 11.5 Å². The number of aromatic nitrogens is 1. The number of piperidine rings is 1. The largest absolute Gasteiger partial charge is 0.381 e. The summed E-state index contributed by atoms with van der Waals surface area (Å²) in [4.78, 5) is 7.09. The Morgan fingerprint density at radius 1 is 1.10 bits per heavy atom. The van der Waals surface area contributed by atoms with E-state index >= 15 is 0 Å². The van der Waals surface area contributed by atoms with Gasteiger partial charge in [0, 0.05) is 38.3 Å². The summed E-state index contributed by atoms with van der Waals surface area (Å²) in [7, 11) is 0. The van der Waals surface area contributed by atoms with E-state index in [1.54, 1.807) is 0 Å². The first-order chi connectivity index (χ1) is 15.0.